The zero-order valence-electron chi connectivity index (χ0n) is 12.7. The molecule has 0 heterocycles. The number of methoxy groups -OCH3 is 1. The number of amides is 2. The standard InChI is InChI=1S/C16H15BrClN3O3/c1-24-14-7-6-10(18)8-13(14)19-9-15(22)20-21-16(23)11-4-2-3-5-12(11)17/h2-8,19H,9H2,1H3,(H,20,22)(H,21,23). The highest BCUT2D eigenvalue weighted by molar-refractivity contribution is 9.10. The lowest BCUT2D eigenvalue weighted by Gasteiger charge is -2.12. The fraction of sp³-hybridized carbons (Fsp3) is 0.125. The Hall–Kier alpha value is -2.25. The number of halogens is 2. The number of hydrogen-bond donors (Lipinski definition) is 3. The van der Waals surface area contributed by atoms with Gasteiger partial charge in [-0.15, -0.1) is 0 Å². The lowest BCUT2D eigenvalue weighted by Crippen LogP contribution is -2.44. The molecule has 0 saturated carbocycles. The summed E-state index contributed by atoms with van der Waals surface area (Å²) in [4.78, 5) is 23.8. The molecule has 0 unspecified atom stereocenters. The second kappa shape index (κ2) is 8.56. The van der Waals surface area contributed by atoms with Crippen LogP contribution in [0.5, 0.6) is 5.75 Å². The maximum Gasteiger partial charge on any atom is 0.270 e. The van der Waals surface area contributed by atoms with Crippen molar-refractivity contribution in [3.8, 4) is 5.75 Å². The molecule has 0 fully saturated rings. The minimum Gasteiger partial charge on any atom is -0.495 e. The van der Waals surface area contributed by atoms with Gasteiger partial charge in [0.25, 0.3) is 11.8 Å². The number of benzene rings is 2. The predicted molar refractivity (Wildman–Crippen MR) is 96.2 cm³/mol. The molecule has 0 aromatic heterocycles. The number of carbonyl (C=O) groups is 2. The molecule has 0 saturated heterocycles. The molecule has 0 aliphatic carbocycles. The van der Waals surface area contributed by atoms with E-state index in [0.29, 0.717) is 26.5 Å². The van der Waals surface area contributed by atoms with Gasteiger partial charge in [-0.25, -0.2) is 0 Å². The minimum atomic E-state index is -0.420. The van der Waals surface area contributed by atoms with Gasteiger partial charge in [0.15, 0.2) is 0 Å². The highest BCUT2D eigenvalue weighted by Gasteiger charge is 2.11. The van der Waals surface area contributed by atoms with Crippen LogP contribution in [0.1, 0.15) is 10.4 Å². The van der Waals surface area contributed by atoms with E-state index < -0.39 is 11.8 Å². The molecule has 0 atom stereocenters. The van der Waals surface area contributed by atoms with Gasteiger partial charge in [-0.1, -0.05) is 23.7 Å². The molecule has 0 aliphatic rings. The van der Waals surface area contributed by atoms with E-state index in [1.807, 2.05) is 0 Å². The maximum atomic E-state index is 12.0. The lowest BCUT2D eigenvalue weighted by atomic mass is 10.2. The third-order valence-corrected chi connectivity index (χ3v) is 3.96. The molecule has 6 nitrogen and oxygen atoms in total. The Morgan fingerprint density at radius 2 is 1.92 bits per heavy atom. The topological polar surface area (TPSA) is 79.5 Å². The van der Waals surface area contributed by atoms with E-state index in [2.05, 4.69) is 32.1 Å². The number of nitrogens with one attached hydrogen (secondary N) is 3. The number of anilines is 1. The van der Waals surface area contributed by atoms with Crippen LogP contribution in [0, 0.1) is 0 Å². The van der Waals surface area contributed by atoms with E-state index in [-0.39, 0.29) is 6.54 Å². The summed E-state index contributed by atoms with van der Waals surface area (Å²) in [5.74, 6) is -0.280. The first kappa shape index (κ1) is 18.1. The van der Waals surface area contributed by atoms with Gasteiger partial charge in [-0.2, -0.15) is 0 Å². The van der Waals surface area contributed by atoms with Crippen molar-refractivity contribution >= 4 is 45.0 Å². The summed E-state index contributed by atoms with van der Waals surface area (Å²) in [5.41, 5.74) is 5.68. The first-order chi connectivity index (χ1) is 11.5. The molecule has 2 aromatic carbocycles. The summed E-state index contributed by atoms with van der Waals surface area (Å²) in [6, 6.07) is 11.9. The van der Waals surface area contributed by atoms with Crippen molar-refractivity contribution in [1.29, 1.82) is 0 Å². The Labute approximate surface area is 152 Å². The summed E-state index contributed by atoms with van der Waals surface area (Å²) in [7, 11) is 1.52. The SMILES string of the molecule is COc1ccc(Cl)cc1NCC(=O)NNC(=O)c1ccccc1Br. The summed E-state index contributed by atoms with van der Waals surface area (Å²) >= 11 is 9.19. The zero-order valence-corrected chi connectivity index (χ0v) is 15.1. The molecule has 24 heavy (non-hydrogen) atoms. The third kappa shape index (κ3) is 4.87. The van der Waals surface area contributed by atoms with E-state index in [0.717, 1.165) is 0 Å². The van der Waals surface area contributed by atoms with Crippen LogP contribution in [-0.2, 0) is 4.79 Å². The monoisotopic (exact) mass is 411 g/mol. The quantitative estimate of drug-likeness (QED) is 0.660. The predicted octanol–water partition coefficient (Wildman–Crippen LogP) is 2.98. The fourth-order valence-corrected chi connectivity index (χ4v) is 2.51. The van der Waals surface area contributed by atoms with Gasteiger partial charge in [-0.3, -0.25) is 20.4 Å². The highest BCUT2D eigenvalue weighted by Crippen LogP contribution is 2.27. The molecule has 2 rings (SSSR count). The number of carbonyl (C=O) groups excluding carboxylic acids is 2. The van der Waals surface area contributed by atoms with Crippen LogP contribution in [0.15, 0.2) is 46.9 Å². The van der Waals surface area contributed by atoms with Crippen molar-refractivity contribution in [3.63, 3.8) is 0 Å². The number of hydrogen-bond acceptors (Lipinski definition) is 4. The van der Waals surface area contributed by atoms with E-state index in [9.17, 15) is 9.59 Å². The second-order valence-corrected chi connectivity index (χ2v) is 5.97. The molecule has 0 bridgehead atoms. The van der Waals surface area contributed by atoms with Crippen LogP contribution in [0.3, 0.4) is 0 Å². The van der Waals surface area contributed by atoms with E-state index in [1.54, 1.807) is 42.5 Å². The van der Waals surface area contributed by atoms with Crippen LogP contribution in [0.25, 0.3) is 0 Å². The Morgan fingerprint density at radius 3 is 2.62 bits per heavy atom. The highest BCUT2D eigenvalue weighted by atomic mass is 79.9. The number of ether oxygens (including phenoxy) is 1. The van der Waals surface area contributed by atoms with Crippen LogP contribution >= 0.6 is 27.5 Å². The molecule has 2 aromatic rings. The van der Waals surface area contributed by atoms with Crippen molar-refractivity contribution in [3.05, 3.63) is 57.5 Å². The van der Waals surface area contributed by atoms with Crippen molar-refractivity contribution in [2.75, 3.05) is 19.0 Å². The van der Waals surface area contributed by atoms with Crippen molar-refractivity contribution in [2.24, 2.45) is 0 Å². The Kier molecular flexibility index (Phi) is 6.45. The third-order valence-electron chi connectivity index (χ3n) is 3.03. The molecule has 8 heteroatoms. The van der Waals surface area contributed by atoms with E-state index in [1.165, 1.54) is 7.11 Å². The zero-order chi connectivity index (χ0) is 17.5. The summed E-state index contributed by atoms with van der Waals surface area (Å²) in [6.07, 6.45) is 0. The smallest absolute Gasteiger partial charge is 0.270 e. The van der Waals surface area contributed by atoms with Crippen molar-refractivity contribution in [1.82, 2.24) is 10.9 Å². The van der Waals surface area contributed by atoms with Gasteiger partial charge in [0, 0.05) is 9.50 Å². The van der Waals surface area contributed by atoms with Crippen molar-refractivity contribution in [2.45, 2.75) is 0 Å². The van der Waals surface area contributed by atoms with Gasteiger partial charge in [-0.05, 0) is 46.3 Å². The first-order valence-corrected chi connectivity index (χ1v) is 8.09. The van der Waals surface area contributed by atoms with Crippen LogP contribution in [0.2, 0.25) is 5.02 Å². The normalized spacial score (nSPS) is 9.96. The Bertz CT molecular complexity index is 755. The van der Waals surface area contributed by atoms with E-state index in [4.69, 9.17) is 16.3 Å². The summed E-state index contributed by atoms with van der Waals surface area (Å²) < 4.78 is 5.81. The summed E-state index contributed by atoms with van der Waals surface area (Å²) in [5, 5.41) is 3.41. The molecule has 0 radical (unpaired) electrons. The van der Waals surface area contributed by atoms with Gasteiger partial charge in [0.1, 0.15) is 5.75 Å². The number of hydrazine groups is 1. The van der Waals surface area contributed by atoms with Crippen LogP contribution in [-0.4, -0.2) is 25.5 Å². The molecular weight excluding hydrogens is 398 g/mol. The van der Waals surface area contributed by atoms with Gasteiger partial charge < -0.3 is 10.1 Å². The van der Waals surface area contributed by atoms with Gasteiger partial charge >= 0.3 is 0 Å². The first-order valence-electron chi connectivity index (χ1n) is 6.92. The van der Waals surface area contributed by atoms with Crippen LogP contribution < -0.4 is 20.9 Å². The molecule has 0 spiro atoms. The largest absolute Gasteiger partial charge is 0.495 e. The van der Waals surface area contributed by atoms with E-state index >= 15 is 0 Å². The average molecular weight is 413 g/mol. The molecule has 3 N–H and O–H groups in total. The van der Waals surface area contributed by atoms with Crippen molar-refractivity contribution < 1.29 is 14.3 Å². The molecular formula is C16H15BrClN3O3. The molecule has 2 amide bonds. The minimum absolute atomic E-state index is 0.0626. The second-order valence-electron chi connectivity index (χ2n) is 4.68. The summed E-state index contributed by atoms with van der Waals surface area (Å²) in [6.45, 7) is -0.0626. The molecule has 0 aliphatic heterocycles. The maximum absolute atomic E-state index is 12.0. The van der Waals surface area contributed by atoms with Gasteiger partial charge in [0.05, 0.1) is 24.9 Å². The lowest BCUT2D eigenvalue weighted by molar-refractivity contribution is -0.120. The Morgan fingerprint density at radius 1 is 1.17 bits per heavy atom. The number of rotatable bonds is 5. The van der Waals surface area contributed by atoms with Crippen LogP contribution in [0.4, 0.5) is 5.69 Å². The average Bonchev–Trinajstić information content (AvgIpc) is 2.58. The molecule has 126 valence electrons. The Balaban J connectivity index is 1.87. The van der Waals surface area contributed by atoms with Gasteiger partial charge in [0.2, 0.25) is 0 Å². The fourth-order valence-electron chi connectivity index (χ4n) is 1.88.